The number of fused-ring (bicyclic) bond motifs is 1. The summed E-state index contributed by atoms with van der Waals surface area (Å²) in [5, 5.41) is 14.8. The van der Waals surface area contributed by atoms with Crippen molar-refractivity contribution in [3.63, 3.8) is 0 Å². The molecule has 5 rings (SSSR count). The molecule has 1 aliphatic carbocycles. The molecular formula is C22H25N5O3. The molecule has 0 radical (unpaired) electrons. The summed E-state index contributed by atoms with van der Waals surface area (Å²) in [5.41, 5.74) is 1.59. The van der Waals surface area contributed by atoms with E-state index in [0.717, 1.165) is 12.0 Å². The third-order valence-electron chi connectivity index (χ3n) is 6.47. The van der Waals surface area contributed by atoms with Crippen LogP contribution in [-0.4, -0.2) is 54.9 Å². The van der Waals surface area contributed by atoms with E-state index in [2.05, 4.69) is 15.1 Å². The Morgan fingerprint density at radius 1 is 1.20 bits per heavy atom. The Hall–Kier alpha value is -3.00. The summed E-state index contributed by atoms with van der Waals surface area (Å²) in [6, 6.07) is 9.63. The number of hydrogen-bond donors (Lipinski definition) is 1. The number of amides is 1. The molecule has 3 aromatic rings. The second kappa shape index (κ2) is 7.68. The number of carbonyl (C=O) groups is 1. The van der Waals surface area contributed by atoms with Crippen LogP contribution in [0.3, 0.4) is 0 Å². The van der Waals surface area contributed by atoms with E-state index in [9.17, 15) is 9.90 Å². The highest BCUT2D eigenvalue weighted by Crippen LogP contribution is 2.41. The van der Waals surface area contributed by atoms with E-state index >= 15 is 0 Å². The Morgan fingerprint density at radius 3 is 2.70 bits per heavy atom. The van der Waals surface area contributed by atoms with Crippen molar-refractivity contribution >= 4 is 5.91 Å². The topological polar surface area (TPSA) is 97.3 Å². The lowest BCUT2D eigenvalue weighted by atomic mass is 9.77. The van der Waals surface area contributed by atoms with Crippen LogP contribution >= 0.6 is 0 Å². The zero-order valence-electron chi connectivity index (χ0n) is 16.9. The van der Waals surface area contributed by atoms with E-state index in [0.29, 0.717) is 48.7 Å². The molecule has 0 spiro atoms. The average Bonchev–Trinajstić information content (AvgIpc) is 3.48. The van der Waals surface area contributed by atoms with Crippen molar-refractivity contribution in [2.24, 2.45) is 11.8 Å². The number of aliphatic hydroxyl groups is 1. The molecule has 0 bridgehead atoms. The maximum Gasteiger partial charge on any atom is 0.228 e. The number of aromatic nitrogens is 4. The molecule has 0 unspecified atom stereocenters. The number of oxazole rings is 1. The number of carbonyl (C=O) groups excluding carboxylic acids is 1. The number of hydrogen-bond acceptors (Lipinski definition) is 6. The molecule has 1 amide bonds. The first-order valence-electron chi connectivity index (χ1n) is 10.4. The second-order valence-corrected chi connectivity index (χ2v) is 8.37. The van der Waals surface area contributed by atoms with Crippen molar-refractivity contribution in [3.8, 4) is 11.5 Å². The minimum Gasteiger partial charge on any atom is -0.441 e. The summed E-state index contributed by atoms with van der Waals surface area (Å²) >= 11 is 0. The van der Waals surface area contributed by atoms with Crippen molar-refractivity contribution in [2.75, 3.05) is 13.1 Å². The van der Waals surface area contributed by atoms with Gasteiger partial charge in [0.15, 0.2) is 0 Å². The fraction of sp³-hybridized carbons (Fsp3) is 0.455. The smallest absolute Gasteiger partial charge is 0.228 e. The Labute approximate surface area is 174 Å². The lowest BCUT2D eigenvalue weighted by Gasteiger charge is -2.34. The lowest BCUT2D eigenvalue weighted by molar-refractivity contribution is -0.129. The summed E-state index contributed by atoms with van der Waals surface area (Å²) in [5.74, 6) is 1.98. The molecule has 8 nitrogen and oxygen atoms in total. The van der Waals surface area contributed by atoms with Crippen molar-refractivity contribution in [1.82, 2.24) is 24.6 Å². The largest absolute Gasteiger partial charge is 0.441 e. The quantitative estimate of drug-likeness (QED) is 0.713. The number of likely N-dealkylation sites (tertiary alicyclic amines) is 1. The maximum atomic E-state index is 13.0. The summed E-state index contributed by atoms with van der Waals surface area (Å²) in [7, 11) is 0. The number of aryl methyl sites for hydroxylation is 1. The van der Waals surface area contributed by atoms with E-state index in [4.69, 9.17) is 4.42 Å². The molecule has 8 heteroatoms. The van der Waals surface area contributed by atoms with Gasteiger partial charge < -0.3 is 14.4 Å². The van der Waals surface area contributed by atoms with Gasteiger partial charge in [-0.25, -0.2) is 14.6 Å². The third kappa shape index (κ3) is 3.52. The van der Waals surface area contributed by atoms with Gasteiger partial charge in [-0.05, 0) is 43.7 Å². The van der Waals surface area contributed by atoms with Gasteiger partial charge in [-0.1, -0.05) is 18.2 Å². The highest BCUT2D eigenvalue weighted by molar-refractivity contribution is 5.79. The Bertz CT molecular complexity index is 1020. The zero-order chi connectivity index (χ0) is 20.7. The van der Waals surface area contributed by atoms with Gasteiger partial charge in [0.05, 0.1) is 24.3 Å². The molecule has 4 atom stereocenters. The fourth-order valence-electron chi connectivity index (χ4n) is 4.84. The first-order chi connectivity index (χ1) is 14.6. The van der Waals surface area contributed by atoms with Gasteiger partial charge in [-0.3, -0.25) is 4.79 Å². The van der Waals surface area contributed by atoms with Crippen molar-refractivity contribution in [3.05, 3.63) is 54.4 Å². The fourth-order valence-corrected chi connectivity index (χ4v) is 4.84. The van der Waals surface area contributed by atoms with Crippen LogP contribution in [0.1, 0.15) is 30.3 Å². The van der Waals surface area contributed by atoms with E-state index in [-0.39, 0.29) is 18.4 Å². The normalized spacial score (nSPS) is 26.0. The summed E-state index contributed by atoms with van der Waals surface area (Å²) in [6.45, 7) is 3.25. The van der Waals surface area contributed by atoms with Crippen LogP contribution in [0.5, 0.6) is 0 Å². The van der Waals surface area contributed by atoms with Crippen LogP contribution in [-0.2, 0) is 11.2 Å². The molecule has 2 aliphatic rings. The minimum absolute atomic E-state index is 0.0622. The number of rotatable bonds is 4. The molecule has 1 aliphatic heterocycles. The van der Waals surface area contributed by atoms with Crippen molar-refractivity contribution < 1.29 is 14.3 Å². The molecular weight excluding hydrogens is 382 g/mol. The highest BCUT2D eigenvalue weighted by Gasteiger charge is 2.43. The number of nitrogens with zero attached hydrogens (tertiary/aromatic N) is 5. The van der Waals surface area contributed by atoms with Crippen molar-refractivity contribution in [2.45, 2.75) is 38.3 Å². The monoisotopic (exact) mass is 407 g/mol. The second-order valence-electron chi connectivity index (χ2n) is 8.37. The molecule has 1 saturated carbocycles. The van der Waals surface area contributed by atoms with E-state index < -0.39 is 6.10 Å². The highest BCUT2D eigenvalue weighted by atomic mass is 16.4. The molecule has 2 fully saturated rings. The lowest BCUT2D eigenvalue weighted by Crippen LogP contribution is -2.36. The number of benzene rings is 1. The maximum absolute atomic E-state index is 13.0. The van der Waals surface area contributed by atoms with Gasteiger partial charge in [-0.15, -0.1) is 0 Å². The van der Waals surface area contributed by atoms with Gasteiger partial charge in [0, 0.05) is 18.7 Å². The first-order valence-corrected chi connectivity index (χ1v) is 10.4. The molecule has 3 heterocycles. The Balaban J connectivity index is 1.26. The van der Waals surface area contributed by atoms with Gasteiger partial charge in [0.25, 0.3) is 0 Å². The van der Waals surface area contributed by atoms with Crippen LogP contribution in [0.4, 0.5) is 0 Å². The number of aliphatic hydroxyl groups excluding tert-OH is 1. The molecule has 1 aromatic carbocycles. The van der Waals surface area contributed by atoms with E-state index in [1.807, 2.05) is 42.2 Å². The SMILES string of the molecule is Cc1oc(-c2ccccc2)nc1CC(=O)N1C[C@H]2C[C@@H](n3cncn3)[C@H](O)C[C@H]2C1. The first kappa shape index (κ1) is 19.0. The average molecular weight is 407 g/mol. The van der Waals surface area contributed by atoms with Gasteiger partial charge in [0.2, 0.25) is 11.8 Å². The molecule has 30 heavy (non-hydrogen) atoms. The van der Waals surface area contributed by atoms with Crippen LogP contribution < -0.4 is 0 Å². The third-order valence-corrected chi connectivity index (χ3v) is 6.47. The Morgan fingerprint density at radius 2 is 1.97 bits per heavy atom. The van der Waals surface area contributed by atoms with E-state index in [1.165, 1.54) is 6.33 Å². The standard InChI is InChI=1S/C22H25N5O3/c1-14-18(25-22(30-14)15-5-3-2-4-6-15)9-21(29)26-10-16-7-19(27-13-23-12-24-27)20(28)8-17(16)11-26/h2-6,12-13,16-17,19-20,28H,7-11H2,1H3/t16-,17+,19-,20-/m1/s1. The summed E-state index contributed by atoms with van der Waals surface area (Å²) < 4.78 is 7.54. The van der Waals surface area contributed by atoms with Gasteiger partial charge in [-0.2, -0.15) is 5.10 Å². The molecule has 2 aromatic heterocycles. The molecule has 1 saturated heterocycles. The van der Waals surface area contributed by atoms with Gasteiger partial charge in [0.1, 0.15) is 18.4 Å². The van der Waals surface area contributed by atoms with Crippen LogP contribution in [0.15, 0.2) is 47.4 Å². The summed E-state index contributed by atoms with van der Waals surface area (Å²) in [4.78, 5) is 23.5. The molecule has 156 valence electrons. The van der Waals surface area contributed by atoms with E-state index in [1.54, 1.807) is 11.0 Å². The minimum atomic E-state index is -0.464. The molecule has 1 N–H and O–H groups in total. The predicted molar refractivity (Wildman–Crippen MR) is 108 cm³/mol. The van der Waals surface area contributed by atoms with Crippen LogP contribution in [0, 0.1) is 18.8 Å². The zero-order valence-corrected chi connectivity index (χ0v) is 16.9. The van der Waals surface area contributed by atoms with Crippen LogP contribution in [0.25, 0.3) is 11.5 Å². The summed E-state index contributed by atoms with van der Waals surface area (Å²) in [6.07, 6.45) is 4.41. The Kier molecular flexibility index (Phi) is 4.86. The van der Waals surface area contributed by atoms with Crippen LogP contribution in [0.2, 0.25) is 0 Å². The van der Waals surface area contributed by atoms with Gasteiger partial charge >= 0.3 is 0 Å². The van der Waals surface area contributed by atoms with Crippen molar-refractivity contribution in [1.29, 1.82) is 0 Å². The predicted octanol–water partition coefficient (Wildman–Crippen LogP) is 2.25.